The third-order valence-electron chi connectivity index (χ3n) is 4.28. The van der Waals surface area contributed by atoms with Crippen LogP contribution in [-0.4, -0.2) is 18.4 Å². The van der Waals surface area contributed by atoms with E-state index in [1.165, 1.54) is 5.56 Å². The topological polar surface area (TPSA) is 58.2 Å². The number of rotatable bonds is 7. The summed E-state index contributed by atoms with van der Waals surface area (Å²) < 4.78 is 0. The molecule has 3 aromatic carbocycles. The first-order chi connectivity index (χ1) is 13.6. The normalized spacial score (nSPS) is 10.3. The first kappa shape index (κ1) is 19.6. The van der Waals surface area contributed by atoms with Gasteiger partial charge in [0.25, 0.3) is 5.91 Å². The van der Waals surface area contributed by atoms with Crippen LogP contribution in [-0.2, 0) is 11.2 Å². The predicted octanol–water partition coefficient (Wildman–Crippen LogP) is 4.69. The molecule has 0 aliphatic heterocycles. The standard InChI is InChI=1S/C23H21ClN2O2/c24-20-12-6-5-11-19(20)23(28)25-15-14-22(27)26-21-13-7-4-10-18(21)16-17-8-2-1-3-9-17/h1-13H,14-16H2,(H,25,28)(H,26,27). The maximum atomic E-state index is 12.3. The van der Waals surface area contributed by atoms with Crippen LogP contribution >= 0.6 is 11.6 Å². The molecule has 0 saturated heterocycles. The quantitative estimate of drug-likeness (QED) is 0.612. The van der Waals surface area contributed by atoms with E-state index in [2.05, 4.69) is 22.8 Å². The Morgan fingerprint density at radius 1 is 0.821 bits per heavy atom. The molecule has 0 unspecified atom stereocenters. The maximum absolute atomic E-state index is 12.3. The molecule has 4 nitrogen and oxygen atoms in total. The maximum Gasteiger partial charge on any atom is 0.252 e. The zero-order valence-electron chi connectivity index (χ0n) is 15.3. The average molecular weight is 393 g/mol. The lowest BCUT2D eigenvalue weighted by Crippen LogP contribution is -2.28. The second kappa shape index (κ2) is 9.72. The van der Waals surface area contributed by atoms with Crippen LogP contribution < -0.4 is 10.6 Å². The second-order valence-electron chi connectivity index (χ2n) is 6.35. The van der Waals surface area contributed by atoms with Crippen molar-refractivity contribution in [2.75, 3.05) is 11.9 Å². The number of hydrogen-bond acceptors (Lipinski definition) is 2. The summed E-state index contributed by atoms with van der Waals surface area (Å²) in [4.78, 5) is 24.4. The summed E-state index contributed by atoms with van der Waals surface area (Å²) in [5.74, 6) is -0.442. The van der Waals surface area contributed by atoms with Gasteiger partial charge < -0.3 is 10.6 Å². The Hall–Kier alpha value is -3.11. The van der Waals surface area contributed by atoms with E-state index in [1.54, 1.807) is 24.3 Å². The average Bonchev–Trinajstić information content (AvgIpc) is 2.70. The number of nitrogens with one attached hydrogen (secondary N) is 2. The van der Waals surface area contributed by atoms with Crippen molar-refractivity contribution in [3.63, 3.8) is 0 Å². The fourth-order valence-electron chi connectivity index (χ4n) is 2.86. The minimum absolute atomic E-state index is 0.153. The van der Waals surface area contributed by atoms with Gasteiger partial charge in [0, 0.05) is 18.7 Å². The Morgan fingerprint density at radius 3 is 2.29 bits per heavy atom. The highest BCUT2D eigenvalue weighted by Gasteiger charge is 2.11. The molecule has 0 atom stereocenters. The molecular formula is C23H21ClN2O2. The Kier molecular flexibility index (Phi) is 6.82. The lowest BCUT2D eigenvalue weighted by atomic mass is 10.0. The number of hydrogen-bond donors (Lipinski definition) is 2. The van der Waals surface area contributed by atoms with Crippen molar-refractivity contribution in [1.29, 1.82) is 0 Å². The molecule has 0 aromatic heterocycles. The van der Waals surface area contributed by atoms with Crippen LogP contribution in [0.2, 0.25) is 5.02 Å². The van der Waals surface area contributed by atoms with Crippen LogP contribution in [0, 0.1) is 0 Å². The van der Waals surface area contributed by atoms with E-state index in [-0.39, 0.29) is 24.8 Å². The number of halogens is 1. The van der Waals surface area contributed by atoms with E-state index in [0.29, 0.717) is 10.6 Å². The zero-order chi connectivity index (χ0) is 19.8. The summed E-state index contributed by atoms with van der Waals surface area (Å²) in [5, 5.41) is 6.05. The number of para-hydroxylation sites is 1. The molecule has 28 heavy (non-hydrogen) atoms. The van der Waals surface area contributed by atoms with Gasteiger partial charge in [-0.2, -0.15) is 0 Å². The number of carbonyl (C=O) groups is 2. The minimum atomic E-state index is -0.289. The van der Waals surface area contributed by atoms with E-state index in [1.807, 2.05) is 42.5 Å². The van der Waals surface area contributed by atoms with Gasteiger partial charge in [-0.25, -0.2) is 0 Å². The Morgan fingerprint density at radius 2 is 1.50 bits per heavy atom. The molecule has 0 heterocycles. The molecule has 3 rings (SSSR count). The van der Waals surface area contributed by atoms with Crippen molar-refractivity contribution >= 4 is 29.1 Å². The zero-order valence-corrected chi connectivity index (χ0v) is 16.1. The molecule has 3 aromatic rings. The molecule has 2 amide bonds. The molecular weight excluding hydrogens is 372 g/mol. The van der Waals surface area contributed by atoms with E-state index in [9.17, 15) is 9.59 Å². The Balaban J connectivity index is 1.54. The number of benzene rings is 3. The van der Waals surface area contributed by atoms with Crippen molar-refractivity contribution in [1.82, 2.24) is 5.32 Å². The van der Waals surface area contributed by atoms with E-state index in [4.69, 9.17) is 11.6 Å². The number of anilines is 1. The first-order valence-electron chi connectivity index (χ1n) is 9.08. The summed E-state index contributed by atoms with van der Waals surface area (Å²) in [5.41, 5.74) is 3.41. The first-order valence-corrected chi connectivity index (χ1v) is 9.45. The molecule has 0 aliphatic rings. The van der Waals surface area contributed by atoms with Crippen LogP contribution in [0.4, 0.5) is 5.69 Å². The van der Waals surface area contributed by atoms with E-state index in [0.717, 1.165) is 17.7 Å². The fourth-order valence-corrected chi connectivity index (χ4v) is 3.08. The smallest absolute Gasteiger partial charge is 0.252 e. The minimum Gasteiger partial charge on any atom is -0.351 e. The van der Waals surface area contributed by atoms with Gasteiger partial charge in [0.05, 0.1) is 10.6 Å². The fraction of sp³-hybridized carbons (Fsp3) is 0.130. The van der Waals surface area contributed by atoms with Gasteiger partial charge in [-0.05, 0) is 35.7 Å². The summed E-state index contributed by atoms with van der Waals surface area (Å²) in [6.45, 7) is 0.233. The molecule has 0 bridgehead atoms. The lowest BCUT2D eigenvalue weighted by molar-refractivity contribution is -0.116. The highest BCUT2D eigenvalue weighted by atomic mass is 35.5. The van der Waals surface area contributed by atoms with E-state index < -0.39 is 0 Å². The molecule has 0 spiro atoms. The molecule has 142 valence electrons. The van der Waals surface area contributed by atoms with E-state index >= 15 is 0 Å². The second-order valence-corrected chi connectivity index (χ2v) is 6.76. The summed E-state index contributed by atoms with van der Waals surface area (Å²) in [6.07, 6.45) is 0.913. The van der Waals surface area contributed by atoms with Gasteiger partial charge in [0.1, 0.15) is 0 Å². The Labute approximate surface area is 169 Å². The summed E-state index contributed by atoms with van der Waals surface area (Å²) >= 11 is 6.01. The molecule has 0 saturated carbocycles. The number of amides is 2. The van der Waals surface area contributed by atoms with Crippen molar-refractivity contribution < 1.29 is 9.59 Å². The van der Waals surface area contributed by atoms with Crippen molar-refractivity contribution in [2.45, 2.75) is 12.8 Å². The van der Waals surface area contributed by atoms with Crippen molar-refractivity contribution in [2.24, 2.45) is 0 Å². The van der Waals surface area contributed by atoms with Gasteiger partial charge in [0.2, 0.25) is 5.91 Å². The van der Waals surface area contributed by atoms with Gasteiger partial charge in [-0.15, -0.1) is 0 Å². The lowest BCUT2D eigenvalue weighted by Gasteiger charge is -2.12. The van der Waals surface area contributed by atoms with Crippen LogP contribution in [0.5, 0.6) is 0 Å². The van der Waals surface area contributed by atoms with Crippen LogP contribution in [0.1, 0.15) is 27.9 Å². The molecule has 0 fully saturated rings. The number of carbonyl (C=O) groups excluding carboxylic acids is 2. The highest BCUT2D eigenvalue weighted by molar-refractivity contribution is 6.33. The molecule has 5 heteroatoms. The largest absolute Gasteiger partial charge is 0.351 e. The van der Waals surface area contributed by atoms with Crippen molar-refractivity contribution in [3.05, 3.63) is 101 Å². The van der Waals surface area contributed by atoms with Crippen LogP contribution in [0.3, 0.4) is 0 Å². The van der Waals surface area contributed by atoms with Crippen LogP contribution in [0.15, 0.2) is 78.9 Å². The third kappa shape index (κ3) is 5.44. The third-order valence-corrected chi connectivity index (χ3v) is 4.61. The summed E-state index contributed by atoms with van der Waals surface area (Å²) in [6, 6.07) is 24.7. The monoisotopic (exact) mass is 392 g/mol. The SMILES string of the molecule is O=C(CCNC(=O)c1ccccc1Cl)Nc1ccccc1Cc1ccccc1. The summed E-state index contributed by atoms with van der Waals surface area (Å²) in [7, 11) is 0. The predicted molar refractivity (Wildman–Crippen MR) is 113 cm³/mol. The molecule has 0 radical (unpaired) electrons. The highest BCUT2D eigenvalue weighted by Crippen LogP contribution is 2.19. The van der Waals surface area contributed by atoms with Gasteiger partial charge in [-0.1, -0.05) is 72.3 Å². The molecule has 2 N–H and O–H groups in total. The molecule has 0 aliphatic carbocycles. The van der Waals surface area contributed by atoms with Crippen LogP contribution in [0.25, 0.3) is 0 Å². The van der Waals surface area contributed by atoms with Gasteiger partial charge in [-0.3, -0.25) is 9.59 Å². The van der Waals surface area contributed by atoms with Gasteiger partial charge in [0.15, 0.2) is 0 Å². The van der Waals surface area contributed by atoms with Gasteiger partial charge >= 0.3 is 0 Å². The Bertz CT molecular complexity index is 958. The van der Waals surface area contributed by atoms with Crippen molar-refractivity contribution in [3.8, 4) is 0 Å².